The van der Waals surface area contributed by atoms with E-state index < -0.39 is 0 Å². The standard InChI is InChI=1S/C15H14ClN3/c1-19(10-11-2-5-14(18)6-3-11)15-7-4-13(16)8-12(15)9-17/h2-8H,10,18H2,1H3. The van der Waals surface area contributed by atoms with Crippen molar-refractivity contribution in [1.29, 1.82) is 5.26 Å². The minimum Gasteiger partial charge on any atom is -0.399 e. The van der Waals surface area contributed by atoms with Gasteiger partial charge in [-0.05, 0) is 35.9 Å². The molecule has 0 aliphatic heterocycles. The maximum Gasteiger partial charge on any atom is 0.101 e. The number of benzene rings is 2. The second-order valence-electron chi connectivity index (χ2n) is 4.37. The van der Waals surface area contributed by atoms with Crippen molar-refractivity contribution >= 4 is 23.0 Å². The van der Waals surface area contributed by atoms with Gasteiger partial charge in [0.05, 0.1) is 11.3 Å². The maximum absolute atomic E-state index is 9.14. The Morgan fingerprint density at radius 3 is 2.53 bits per heavy atom. The molecule has 0 saturated carbocycles. The Hall–Kier alpha value is -2.18. The lowest BCUT2D eigenvalue weighted by Gasteiger charge is -2.20. The Morgan fingerprint density at radius 1 is 1.21 bits per heavy atom. The van der Waals surface area contributed by atoms with E-state index in [1.54, 1.807) is 12.1 Å². The Morgan fingerprint density at radius 2 is 1.89 bits per heavy atom. The van der Waals surface area contributed by atoms with E-state index in [1.807, 2.05) is 42.3 Å². The summed E-state index contributed by atoms with van der Waals surface area (Å²) in [6.07, 6.45) is 0. The molecule has 0 amide bonds. The van der Waals surface area contributed by atoms with Gasteiger partial charge in [-0.25, -0.2) is 0 Å². The van der Waals surface area contributed by atoms with E-state index in [4.69, 9.17) is 22.6 Å². The van der Waals surface area contributed by atoms with Gasteiger partial charge >= 0.3 is 0 Å². The summed E-state index contributed by atoms with van der Waals surface area (Å²) in [5.74, 6) is 0. The van der Waals surface area contributed by atoms with Gasteiger partial charge in [-0.3, -0.25) is 0 Å². The number of hydrogen-bond donors (Lipinski definition) is 1. The van der Waals surface area contributed by atoms with Gasteiger partial charge in [0.15, 0.2) is 0 Å². The quantitative estimate of drug-likeness (QED) is 0.870. The summed E-state index contributed by atoms with van der Waals surface area (Å²) in [5.41, 5.74) is 8.98. The van der Waals surface area contributed by atoms with Crippen molar-refractivity contribution in [2.24, 2.45) is 0 Å². The third-order valence-corrected chi connectivity index (χ3v) is 3.12. The van der Waals surface area contributed by atoms with E-state index in [9.17, 15) is 0 Å². The van der Waals surface area contributed by atoms with E-state index in [0.29, 0.717) is 17.1 Å². The molecule has 0 spiro atoms. The molecule has 0 aromatic heterocycles. The van der Waals surface area contributed by atoms with Gasteiger partial charge in [0.25, 0.3) is 0 Å². The van der Waals surface area contributed by atoms with Crippen molar-refractivity contribution in [1.82, 2.24) is 0 Å². The molecule has 2 aromatic rings. The molecule has 19 heavy (non-hydrogen) atoms. The minimum atomic E-state index is 0.571. The smallest absolute Gasteiger partial charge is 0.101 e. The Bertz CT molecular complexity index is 614. The van der Waals surface area contributed by atoms with Gasteiger partial charge < -0.3 is 10.6 Å². The van der Waals surface area contributed by atoms with Gasteiger partial charge in [-0.15, -0.1) is 0 Å². The van der Waals surface area contributed by atoms with Crippen LogP contribution in [-0.2, 0) is 6.54 Å². The number of nitrogens with zero attached hydrogens (tertiary/aromatic N) is 2. The molecule has 0 bridgehead atoms. The van der Waals surface area contributed by atoms with E-state index >= 15 is 0 Å². The highest BCUT2D eigenvalue weighted by Crippen LogP contribution is 2.24. The molecule has 3 nitrogen and oxygen atoms in total. The molecule has 0 unspecified atom stereocenters. The largest absolute Gasteiger partial charge is 0.399 e. The molecule has 0 atom stereocenters. The number of hydrogen-bond acceptors (Lipinski definition) is 3. The highest BCUT2D eigenvalue weighted by atomic mass is 35.5. The molecular weight excluding hydrogens is 258 g/mol. The van der Waals surface area contributed by atoms with Crippen LogP contribution in [0.5, 0.6) is 0 Å². The molecule has 0 saturated heterocycles. The number of nitrogen functional groups attached to an aromatic ring is 1. The van der Waals surface area contributed by atoms with Crippen LogP contribution in [0.15, 0.2) is 42.5 Å². The zero-order chi connectivity index (χ0) is 13.8. The molecule has 0 heterocycles. The molecule has 0 radical (unpaired) electrons. The summed E-state index contributed by atoms with van der Waals surface area (Å²) in [6.45, 7) is 0.705. The fourth-order valence-corrected chi connectivity index (χ4v) is 2.08. The van der Waals surface area contributed by atoms with E-state index in [2.05, 4.69) is 6.07 Å². The first-order chi connectivity index (χ1) is 9.10. The van der Waals surface area contributed by atoms with Crippen LogP contribution in [0, 0.1) is 11.3 Å². The predicted octanol–water partition coefficient (Wildman–Crippen LogP) is 3.43. The molecule has 2 rings (SSSR count). The van der Waals surface area contributed by atoms with Gasteiger partial charge in [-0.1, -0.05) is 23.7 Å². The first-order valence-electron chi connectivity index (χ1n) is 5.85. The van der Waals surface area contributed by atoms with Crippen LogP contribution in [0.25, 0.3) is 0 Å². The van der Waals surface area contributed by atoms with Crippen LogP contribution in [0.4, 0.5) is 11.4 Å². The summed E-state index contributed by atoms with van der Waals surface area (Å²) in [6, 6.07) is 15.2. The summed E-state index contributed by atoms with van der Waals surface area (Å²) < 4.78 is 0. The predicted molar refractivity (Wildman–Crippen MR) is 79.1 cm³/mol. The average molecular weight is 272 g/mol. The van der Waals surface area contributed by atoms with Crippen LogP contribution in [0.3, 0.4) is 0 Å². The number of nitriles is 1. The monoisotopic (exact) mass is 271 g/mol. The first-order valence-corrected chi connectivity index (χ1v) is 6.23. The fraction of sp³-hybridized carbons (Fsp3) is 0.133. The summed E-state index contributed by atoms with van der Waals surface area (Å²) in [7, 11) is 1.94. The third kappa shape index (κ3) is 3.18. The van der Waals surface area contributed by atoms with Crippen molar-refractivity contribution in [2.45, 2.75) is 6.54 Å². The maximum atomic E-state index is 9.14. The van der Waals surface area contributed by atoms with Gasteiger partial charge in [-0.2, -0.15) is 5.26 Å². The summed E-state index contributed by atoms with van der Waals surface area (Å²) in [5, 5.41) is 9.71. The molecule has 0 fully saturated rings. The Labute approximate surface area is 117 Å². The molecular formula is C15H14ClN3. The van der Waals surface area contributed by atoms with Crippen LogP contribution < -0.4 is 10.6 Å². The molecule has 0 aliphatic rings. The highest BCUT2D eigenvalue weighted by Gasteiger charge is 2.08. The van der Waals surface area contributed by atoms with Crippen LogP contribution >= 0.6 is 11.6 Å². The Kier molecular flexibility index (Phi) is 3.94. The van der Waals surface area contributed by atoms with Crippen molar-refractivity contribution in [2.75, 3.05) is 17.7 Å². The fourth-order valence-electron chi connectivity index (χ4n) is 1.91. The average Bonchev–Trinajstić information content (AvgIpc) is 2.41. The number of nitrogens with two attached hydrogens (primary N) is 1. The zero-order valence-corrected chi connectivity index (χ0v) is 11.4. The first kappa shape index (κ1) is 13.3. The lowest BCUT2D eigenvalue weighted by molar-refractivity contribution is 0.921. The van der Waals surface area contributed by atoms with E-state index in [-0.39, 0.29) is 0 Å². The van der Waals surface area contributed by atoms with Crippen LogP contribution in [0.1, 0.15) is 11.1 Å². The molecule has 4 heteroatoms. The van der Waals surface area contributed by atoms with Crippen molar-refractivity contribution in [3.63, 3.8) is 0 Å². The number of rotatable bonds is 3. The summed E-state index contributed by atoms with van der Waals surface area (Å²) in [4.78, 5) is 2.01. The zero-order valence-electron chi connectivity index (χ0n) is 10.6. The van der Waals surface area contributed by atoms with Crippen LogP contribution in [0.2, 0.25) is 5.02 Å². The highest BCUT2D eigenvalue weighted by molar-refractivity contribution is 6.30. The second-order valence-corrected chi connectivity index (χ2v) is 4.81. The topological polar surface area (TPSA) is 53.0 Å². The van der Waals surface area contributed by atoms with Crippen LogP contribution in [-0.4, -0.2) is 7.05 Å². The van der Waals surface area contributed by atoms with Gasteiger partial charge in [0.1, 0.15) is 6.07 Å². The van der Waals surface area contributed by atoms with E-state index in [1.165, 1.54) is 0 Å². The third-order valence-electron chi connectivity index (χ3n) is 2.89. The normalized spacial score (nSPS) is 9.95. The van der Waals surface area contributed by atoms with Crippen molar-refractivity contribution in [3.8, 4) is 6.07 Å². The molecule has 2 N–H and O–H groups in total. The lowest BCUT2D eigenvalue weighted by Crippen LogP contribution is -2.17. The molecule has 0 aliphatic carbocycles. The molecule has 2 aromatic carbocycles. The van der Waals surface area contributed by atoms with Gasteiger partial charge in [0.2, 0.25) is 0 Å². The van der Waals surface area contributed by atoms with Gasteiger partial charge in [0, 0.05) is 24.3 Å². The lowest BCUT2D eigenvalue weighted by atomic mass is 10.1. The Balaban J connectivity index is 2.23. The van der Waals surface area contributed by atoms with E-state index in [0.717, 1.165) is 16.9 Å². The number of anilines is 2. The van der Waals surface area contributed by atoms with Crippen molar-refractivity contribution in [3.05, 3.63) is 58.6 Å². The number of halogens is 1. The summed E-state index contributed by atoms with van der Waals surface area (Å²) >= 11 is 5.89. The molecule has 96 valence electrons. The van der Waals surface area contributed by atoms with Crippen molar-refractivity contribution < 1.29 is 0 Å². The SMILES string of the molecule is CN(Cc1ccc(N)cc1)c1ccc(Cl)cc1C#N. The minimum absolute atomic E-state index is 0.571. The second kappa shape index (κ2) is 5.64.